The molecule has 0 bridgehead atoms. The molecule has 0 aliphatic carbocycles. The summed E-state index contributed by atoms with van der Waals surface area (Å²) in [5.74, 6) is -0.311. The molecule has 7 heteroatoms. The third-order valence-electron chi connectivity index (χ3n) is 4.17. The second kappa shape index (κ2) is 6.48. The van der Waals surface area contributed by atoms with Crippen LogP contribution in [0.1, 0.15) is 47.1 Å². The van der Waals surface area contributed by atoms with Crippen LogP contribution in [0.2, 0.25) is 0 Å². The van der Waals surface area contributed by atoms with Crippen LogP contribution in [0.3, 0.4) is 0 Å². The topological polar surface area (TPSA) is 46.4 Å². The first kappa shape index (κ1) is 18.0. The summed E-state index contributed by atoms with van der Waals surface area (Å²) in [6, 6.07) is 9.56. The molecule has 0 radical (unpaired) electrons. The number of hydrogen-bond donors (Lipinski definition) is 1. The molecule has 136 valence electrons. The molecule has 0 aliphatic heterocycles. The molecule has 2 heterocycles. The van der Waals surface area contributed by atoms with Gasteiger partial charge in [0.05, 0.1) is 11.3 Å². The van der Waals surface area contributed by atoms with Gasteiger partial charge in [-0.05, 0) is 36.6 Å². The number of aromatic nitrogens is 2. The van der Waals surface area contributed by atoms with Crippen LogP contribution in [0.25, 0.3) is 5.65 Å². The maximum Gasteiger partial charge on any atom is 0.417 e. The van der Waals surface area contributed by atoms with Crippen molar-refractivity contribution in [3.05, 3.63) is 65.1 Å². The predicted octanol–water partition coefficient (Wildman–Crippen LogP) is 5.04. The zero-order valence-electron chi connectivity index (χ0n) is 14.6. The molecule has 0 fully saturated rings. The molecule has 0 saturated carbocycles. The lowest BCUT2D eigenvalue weighted by molar-refractivity contribution is -0.137. The minimum absolute atomic E-state index is 0.0876. The van der Waals surface area contributed by atoms with Crippen molar-refractivity contribution in [2.75, 3.05) is 5.32 Å². The Labute approximate surface area is 148 Å². The second-order valence-corrected chi connectivity index (χ2v) is 6.39. The van der Waals surface area contributed by atoms with Crippen LogP contribution in [0.5, 0.6) is 0 Å². The predicted molar refractivity (Wildman–Crippen MR) is 93.4 cm³/mol. The van der Waals surface area contributed by atoms with Crippen molar-refractivity contribution in [3.8, 4) is 0 Å². The number of halogens is 3. The number of nitrogens with one attached hydrogen (secondary N) is 1. The quantitative estimate of drug-likeness (QED) is 0.711. The summed E-state index contributed by atoms with van der Waals surface area (Å²) >= 11 is 0. The number of anilines is 1. The minimum atomic E-state index is -4.50. The van der Waals surface area contributed by atoms with Gasteiger partial charge in [-0.25, -0.2) is 4.98 Å². The number of pyridine rings is 1. The van der Waals surface area contributed by atoms with Gasteiger partial charge in [0.2, 0.25) is 0 Å². The van der Waals surface area contributed by atoms with Crippen LogP contribution in [0.15, 0.2) is 42.6 Å². The molecule has 26 heavy (non-hydrogen) atoms. The lowest BCUT2D eigenvalue weighted by Gasteiger charge is -2.14. The van der Waals surface area contributed by atoms with Crippen molar-refractivity contribution in [3.63, 3.8) is 0 Å². The molecule has 0 unspecified atom stereocenters. The number of para-hydroxylation sites is 1. The number of hydrogen-bond acceptors (Lipinski definition) is 2. The van der Waals surface area contributed by atoms with E-state index >= 15 is 0 Å². The van der Waals surface area contributed by atoms with E-state index < -0.39 is 17.6 Å². The van der Waals surface area contributed by atoms with E-state index in [4.69, 9.17) is 0 Å². The maximum atomic E-state index is 13.0. The number of carbonyl (C=O) groups excluding carboxylic acids is 1. The lowest BCUT2D eigenvalue weighted by atomic mass is 10.0. The molecular weight excluding hydrogens is 343 g/mol. The number of carbonyl (C=O) groups is 1. The zero-order chi connectivity index (χ0) is 19.1. The highest BCUT2D eigenvalue weighted by Gasteiger charge is 2.31. The van der Waals surface area contributed by atoms with Gasteiger partial charge >= 0.3 is 6.18 Å². The van der Waals surface area contributed by atoms with Gasteiger partial charge in [-0.1, -0.05) is 32.0 Å². The molecule has 0 spiro atoms. The molecule has 1 aromatic carbocycles. The molecular formula is C19H18F3N3O. The fourth-order valence-corrected chi connectivity index (χ4v) is 2.90. The molecule has 3 rings (SSSR count). The maximum absolute atomic E-state index is 13.0. The van der Waals surface area contributed by atoms with Crippen LogP contribution in [-0.4, -0.2) is 15.3 Å². The number of rotatable bonds is 3. The van der Waals surface area contributed by atoms with Gasteiger partial charge in [-0.2, -0.15) is 13.2 Å². The Hall–Kier alpha value is -2.83. The van der Waals surface area contributed by atoms with Gasteiger partial charge in [-0.3, -0.25) is 9.20 Å². The van der Waals surface area contributed by atoms with Crippen LogP contribution in [0, 0.1) is 6.92 Å². The average Bonchev–Trinajstić information content (AvgIpc) is 2.89. The van der Waals surface area contributed by atoms with Crippen LogP contribution < -0.4 is 5.32 Å². The number of benzene rings is 1. The number of aryl methyl sites for hydroxylation is 1. The molecule has 0 atom stereocenters. The summed E-state index contributed by atoms with van der Waals surface area (Å²) in [6.07, 6.45) is -3.59. The normalized spacial score (nSPS) is 12.0. The minimum Gasteiger partial charge on any atom is -0.320 e. The van der Waals surface area contributed by atoms with Gasteiger partial charge < -0.3 is 5.32 Å². The number of amides is 1. The molecule has 1 N–H and O–H groups in total. The molecule has 2 aromatic heterocycles. The van der Waals surface area contributed by atoms with E-state index in [0.29, 0.717) is 11.4 Å². The zero-order valence-corrected chi connectivity index (χ0v) is 14.6. The van der Waals surface area contributed by atoms with Crippen molar-refractivity contribution in [1.82, 2.24) is 9.38 Å². The molecule has 1 amide bonds. The number of alkyl halides is 3. The van der Waals surface area contributed by atoms with E-state index in [-0.39, 0.29) is 17.3 Å². The summed E-state index contributed by atoms with van der Waals surface area (Å²) in [4.78, 5) is 17.0. The summed E-state index contributed by atoms with van der Waals surface area (Å²) in [5, 5.41) is 2.80. The SMILES string of the molecule is Cc1nc2ccc(C(F)(F)F)cn2c1C(=O)Nc1ccccc1C(C)C. The van der Waals surface area contributed by atoms with Gasteiger partial charge in [0, 0.05) is 11.9 Å². The Morgan fingerprint density at radius 3 is 2.50 bits per heavy atom. The fourth-order valence-electron chi connectivity index (χ4n) is 2.90. The van der Waals surface area contributed by atoms with Crippen molar-refractivity contribution >= 4 is 17.2 Å². The highest BCUT2D eigenvalue weighted by molar-refractivity contribution is 6.04. The summed E-state index contributed by atoms with van der Waals surface area (Å²) in [7, 11) is 0. The Morgan fingerprint density at radius 2 is 1.85 bits per heavy atom. The first-order valence-electron chi connectivity index (χ1n) is 8.14. The summed E-state index contributed by atoms with van der Waals surface area (Å²) in [5.41, 5.74) is 1.49. The third kappa shape index (κ3) is 3.29. The van der Waals surface area contributed by atoms with Gasteiger partial charge in [0.15, 0.2) is 0 Å². The van der Waals surface area contributed by atoms with E-state index in [9.17, 15) is 18.0 Å². The van der Waals surface area contributed by atoms with E-state index in [1.165, 1.54) is 10.5 Å². The highest BCUT2D eigenvalue weighted by Crippen LogP contribution is 2.30. The van der Waals surface area contributed by atoms with E-state index in [0.717, 1.165) is 17.8 Å². The van der Waals surface area contributed by atoms with Crippen LogP contribution in [-0.2, 0) is 6.18 Å². The highest BCUT2D eigenvalue weighted by atomic mass is 19.4. The molecule has 0 aliphatic rings. The van der Waals surface area contributed by atoms with Crippen LogP contribution in [0.4, 0.5) is 18.9 Å². The van der Waals surface area contributed by atoms with Crippen molar-refractivity contribution in [1.29, 1.82) is 0 Å². The Bertz CT molecular complexity index is 974. The average molecular weight is 361 g/mol. The van der Waals surface area contributed by atoms with Crippen molar-refractivity contribution in [2.45, 2.75) is 32.9 Å². The van der Waals surface area contributed by atoms with Crippen molar-refractivity contribution in [2.24, 2.45) is 0 Å². The summed E-state index contributed by atoms with van der Waals surface area (Å²) in [6.45, 7) is 5.60. The first-order chi connectivity index (χ1) is 12.2. The van der Waals surface area contributed by atoms with Gasteiger partial charge in [0.25, 0.3) is 5.91 Å². The second-order valence-electron chi connectivity index (χ2n) is 6.39. The lowest BCUT2D eigenvalue weighted by Crippen LogP contribution is -2.17. The first-order valence-corrected chi connectivity index (χ1v) is 8.14. The Balaban J connectivity index is 2.05. The largest absolute Gasteiger partial charge is 0.417 e. The van der Waals surface area contributed by atoms with E-state index in [1.54, 1.807) is 19.1 Å². The standard InChI is InChI=1S/C19H18F3N3O/c1-11(2)14-6-4-5-7-15(14)24-18(26)17-12(3)23-16-9-8-13(10-25(16)17)19(20,21)22/h4-11H,1-3H3,(H,24,26). The van der Waals surface area contributed by atoms with E-state index in [2.05, 4.69) is 10.3 Å². The number of fused-ring (bicyclic) bond motifs is 1. The molecule has 4 nitrogen and oxygen atoms in total. The third-order valence-corrected chi connectivity index (χ3v) is 4.17. The summed E-state index contributed by atoms with van der Waals surface area (Å²) < 4.78 is 40.2. The van der Waals surface area contributed by atoms with Crippen molar-refractivity contribution < 1.29 is 18.0 Å². The smallest absolute Gasteiger partial charge is 0.320 e. The molecule has 0 saturated heterocycles. The van der Waals surface area contributed by atoms with E-state index in [1.807, 2.05) is 26.0 Å². The van der Waals surface area contributed by atoms with Gasteiger partial charge in [0.1, 0.15) is 11.3 Å². The number of imidazole rings is 1. The van der Waals surface area contributed by atoms with Gasteiger partial charge in [-0.15, -0.1) is 0 Å². The van der Waals surface area contributed by atoms with Crippen LogP contribution >= 0.6 is 0 Å². The monoisotopic (exact) mass is 361 g/mol. The molecule has 3 aromatic rings. The Morgan fingerprint density at radius 1 is 1.15 bits per heavy atom. The number of nitrogens with zero attached hydrogens (tertiary/aromatic N) is 2. The fraction of sp³-hybridized carbons (Fsp3) is 0.263. The Kier molecular flexibility index (Phi) is 4.48.